The topological polar surface area (TPSA) is 63.1 Å². The first-order chi connectivity index (χ1) is 8.97. The van der Waals surface area contributed by atoms with E-state index in [1.54, 1.807) is 6.92 Å². The zero-order valence-electron chi connectivity index (χ0n) is 10.0. The zero-order valence-corrected chi connectivity index (χ0v) is 10.0. The van der Waals surface area contributed by atoms with Gasteiger partial charge in [0.2, 0.25) is 0 Å². The number of aromatic carboxylic acids is 1. The third kappa shape index (κ3) is 2.90. The highest BCUT2D eigenvalue weighted by Crippen LogP contribution is 2.13. The summed E-state index contributed by atoms with van der Waals surface area (Å²) in [6.07, 6.45) is 1.37. The quantitative estimate of drug-likeness (QED) is 0.924. The van der Waals surface area contributed by atoms with Crippen molar-refractivity contribution in [1.29, 1.82) is 0 Å². The smallest absolute Gasteiger partial charge is 0.354 e. The number of halogens is 2. The van der Waals surface area contributed by atoms with Crippen LogP contribution in [0, 0.1) is 18.6 Å². The molecular formula is C13H10F2N2O2. The fourth-order valence-electron chi connectivity index (χ4n) is 1.62. The van der Waals surface area contributed by atoms with Crippen LogP contribution < -0.4 is 0 Å². The molecule has 98 valence electrons. The lowest BCUT2D eigenvalue weighted by atomic mass is 10.1. The van der Waals surface area contributed by atoms with Crippen LogP contribution in [0.4, 0.5) is 8.78 Å². The number of carboxylic acids is 1. The summed E-state index contributed by atoms with van der Waals surface area (Å²) in [5, 5.41) is 8.93. The van der Waals surface area contributed by atoms with Gasteiger partial charge in [-0.05, 0) is 18.6 Å². The van der Waals surface area contributed by atoms with Crippen molar-refractivity contribution in [1.82, 2.24) is 9.97 Å². The van der Waals surface area contributed by atoms with Gasteiger partial charge in [0.25, 0.3) is 0 Å². The first-order valence-electron chi connectivity index (χ1n) is 5.47. The molecule has 0 aliphatic rings. The maximum Gasteiger partial charge on any atom is 0.354 e. The van der Waals surface area contributed by atoms with Gasteiger partial charge in [0, 0.05) is 24.2 Å². The number of hydrogen-bond acceptors (Lipinski definition) is 3. The van der Waals surface area contributed by atoms with Gasteiger partial charge >= 0.3 is 5.97 Å². The highest BCUT2D eigenvalue weighted by Gasteiger charge is 2.12. The molecule has 2 aromatic rings. The fourth-order valence-corrected chi connectivity index (χ4v) is 1.62. The van der Waals surface area contributed by atoms with E-state index in [0.717, 1.165) is 12.1 Å². The van der Waals surface area contributed by atoms with Gasteiger partial charge in [0.15, 0.2) is 5.69 Å². The number of hydrogen-bond donors (Lipinski definition) is 1. The van der Waals surface area contributed by atoms with Crippen LogP contribution in [0.15, 0.2) is 24.4 Å². The van der Waals surface area contributed by atoms with Gasteiger partial charge in [-0.15, -0.1) is 0 Å². The molecule has 0 amide bonds. The molecule has 4 nitrogen and oxygen atoms in total. The van der Waals surface area contributed by atoms with Crippen LogP contribution in [0.2, 0.25) is 0 Å². The third-order valence-electron chi connectivity index (χ3n) is 2.59. The summed E-state index contributed by atoms with van der Waals surface area (Å²) in [7, 11) is 0. The van der Waals surface area contributed by atoms with E-state index in [0.29, 0.717) is 5.56 Å². The molecule has 19 heavy (non-hydrogen) atoms. The van der Waals surface area contributed by atoms with E-state index in [-0.39, 0.29) is 23.5 Å². The SMILES string of the molecule is Cc1cnc(Cc2ccc(F)cc2F)nc1C(=O)O. The Kier molecular flexibility index (Phi) is 3.50. The molecular weight excluding hydrogens is 254 g/mol. The molecule has 1 aromatic carbocycles. The summed E-state index contributed by atoms with van der Waals surface area (Å²) in [5.41, 5.74) is 0.518. The Morgan fingerprint density at radius 2 is 2.11 bits per heavy atom. The average molecular weight is 264 g/mol. The first-order valence-corrected chi connectivity index (χ1v) is 5.47. The summed E-state index contributed by atoms with van der Waals surface area (Å²) in [4.78, 5) is 18.7. The molecule has 0 saturated heterocycles. The maximum atomic E-state index is 13.5. The Labute approximate surface area is 107 Å². The first kappa shape index (κ1) is 13.1. The van der Waals surface area contributed by atoms with Gasteiger partial charge in [-0.25, -0.2) is 23.5 Å². The number of rotatable bonds is 3. The number of aryl methyl sites for hydroxylation is 1. The average Bonchev–Trinajstić information content (AvgIpc) is 2.34. The summed E-state index contributed by atoms with van der Waals surface area (Å²) >= 11 is 0. The van der Waals surface area contributed by atoms with Gasteiger partial charge in [0.1, 0.15) is 17.5 Å². The van der Waals surface area contributed by atoms with Crippen molar-refractivity contribution in [3.8, 4) is 0 Å². The van der Waals surface area contributed by atoms with Crippen LogP contribution in [0.5, 0.6) is 0 Å². The third-order valence-corrected chi connectivity index (χ3v) is 2.59. The minimum Gasteiger partial charge on any atom is -0.477 e. The molecule has 0 bridgehead atoms. The van der Waals surface area contributed by atoms with E-state index in [1.807, 2.05) is 0 Å². The Bertz CT molecular complexity index is 645. The minimum absolute atomic E-state index is 0.00662. The molecule has 0 saturated carbocycles. The highest BCUT2D eigenvalue weighted by molar-refractivity contribution is 5.86. The Hall–Kier alpha value is -2.37. The van der Waals surface area contributed by atoms with Crippen LogP contribution in [-0.4, -0.2) is 21.0 Å². The van der Waals surface area contributed by atoms with Crippen molar-refractivity contribution in [2.24, 2.45) is 0 Å². The van der Waals surface area contributed by atoms with Gasteiger partial charge in [0.05, 0.1) is 0 Å². The zero-order chi connectivity index (χ0) is 14.0. The number of carbonyl (C=O) groups is 1. The lowest BCUT2D eigenvalue weighted by molar-refractivity contribution is 0.0689. The van der Waals surface area contributed by atoms with Crippen molar-refractivity contribution in [3.63, 3.8) is 0 Å². The number of carboxylic acid groups (broad SMARTS) is 1. The van der Waals surface area contributed by atoms with Gasteiger partial charge < -0.3 is 5.11 Å². The molecule has 0 radical (unpaired) electrons. The number of aromatic nitrogens is 2. The monoisotopic (exact) mass is 264 g/mol. The van der Waals surface area contributed by atoms with E-state index < -0.39 is 17.6 Å². The van der Waals surface area contributed by atoms with E-state index >= 15 is 0 Å². The second-order valence-corrected chi connectivity index (χ2v) is 4.04. The predicted octanol–water partition coefficient (Wildman–Crippen LogP) is 2.35. The Morgan fingerprint density at radius 1 is 1.37 bits per heavy atom. The molecule has 0 unspecified atom stereocenters. The Balaban J connectivity index is 2.33. The van der Waals surface area contributed by atoms with Crippen LogP contribution in [0.1, 0.15) is 27.4 Å². The van der Waals surface area contributed by atoms with E-state index in [2.05, 4.69) is 9.97 Å². The summed E-state index contributed by atoms with van der Waals surface area (Å²) in [6.45, 7) is 1.58. The van der Waals surface area contributed by atoms with Gasteiger partial charge in [-0.1, -0.05) is 6.07 Å². The number of benzene rings is 1. The molecule has 0 aliphatic carbocycles. The molecule has 0 fully saturated rings. The van der Waals surface area contributed by atoms with Gasteiger partial charge in [-0.3, -0.25) is 0 Å². The normalized spacial score (nSPS) is 10.5. The largest absolute Gasteiger partial charge is 0.477 e. The predicted molar refractivity (Wildman–Crippen MR) is 62.9 cm³/mol. The van der Waals surface area contributed by atoms with Crippen molar-refractivity contribution >= 4 is 5.97 Å². The molecule has 0 aliphatic heterocycles. The molecule has 1 aromatic heterocycles. The van der Waals surface area contributed by atoms with Crippen LogP contribution >= 0.6 is 0 Å². The second-order valence-electron chi connectivity index (χ2n) is 4.04. The number of nitrogens with zero attached hydrogens (tertiary/aromatic N) is 2. The standard InChI is InChI=1S/C13H10F2N2O2/c1-7-6-16-11(17-12(7)13(18)19)4-8-2-3-9(14)5-10(8)15/h2-3,5-6H,4H2,1H3,(H,18,19). The minimum atomic E-state index is -1.17. The molecule has 6 heteroatoms. The van der Waals surface area contributed by atoms with Crippen LogP contribution in [-0.2, 0) is 6.42 Å². The molecule has 0 atom stereocenters. The maximum absolute atomic E-state index is 13.5. The van der Waals surface area contributed by atoms with Gasteiger partial charge in [-0.2, -0.15) is 0 Å². The van der Waals surface area contributed by atoms with Crippen molar-refractivity contribution in [2.45, 2.75) is 13.3 Å². The summed E-state index contributed by atoms with van der Waals surface area (Å²) in [6, 6.07) is 3.18. The molecule has 1 heterocycles. The summed E-state index contributed by atoms with van der Waals surface area (Å²) < 4.78 is 26.2. The van der Waals surface area contributed by atoms with Crippen LogP contribution in [0.3, 0.4) is 0 Å². The van der Waals surface area contributed by atoms with E-state index in [9.17, 15) is 13.6 Å². The molecule has 2 rings (SSSR count). The van der Waals surface area contributed by atoms with E-state index in [4.69, 9.17) is 5.11 Å². The highest BCUT2D eigenvalue weighted by atomic mass is 19.1. The van der Waals surface area contributed by atoms with Crippen molar-refractivity contribution < 1.29 is 18.7 Å². The fraction of sp³-hybridized carbons (Fsp3) is 0.154. The molecule has 1 N–H and O–H groups in total. The Morgan fingerprint density at radius 3 is 2.74 bits per heavy atom. The molecule has 0 spiro atoms. The van der Waals surface area contributed by atoms with Crippen LogP contribution in [0.25, 0.3) is 0 Å². The van der Waals surface area contributed by atoms with Crippen molar-refractivity contribution in [3.05, 3.63) is 58.7 Å². The second kappa shape index (κ2) is 5.09. The van der Waals surface area contributed by atoms with E-state index in [1.165, 1.54) is 12.3 Å². The summed E-state index contributed by atoms with van der Waals surface area (Å²) in [5.74, 6) is -2.37. The lowest BCUT2D eigenvalue weighted by Crippen LogP contribution is -2.08. The lowest BCUT2D eigenvalue weighted by Gasteiger charge is -2.05. The van der Waals surface area contributed by atoms with Crippen molar-refractivity contribution in [2.75, 3.05) is 0 Å².